The molecule has 2 aromatic heterocycles. The quantitative estimate of drug-likeness (QED) is 0.727. The maximum Gasteiger partial charge on any atom is 0.103 e. The number of aromatic nitrogens is 1. The molecule has 0 radical (unpaired) electrons. The van der Waals surface area contributed by atoms with Crippen LogP contribution in [0.5, 0.6) is 0 Å². The smallest absolute Gasteiger partial charge is 0.103 e. The Hall–Kier alpha value is -2.00. The Labute approximate surface area is 128 Å². The van der Waals surface area contributed by atoms with Crippen LogP contribution in [0.4, 0.5) is 5.69 Å². The van der Waals surface area contributed by atoms with E-state index in [2.05, 4.69) is 17.2 Å². The summed E-state index contributed by atoms with van der Waals surface area (Å²) in [6.07, 6.45) is 5.40. The number of hydrogen-bond donors (Lipinski definition) is 1. The van der Waals surface area contributed by atoms with E-state index in [0.717, 1.165) is 40.2 Å². The van der Waals surface area contributed by atoms with Gasteiger partial charge in [-0.3, -0.25) is 4.98 Å². The van der Waals surface area contributed by atoms with Crippen molar-refractivity contribution in [2.45, 2.75) is 25.8 Å². The van der Waals surface area contributed by atoms with E-state index in [1.165, 1.54) is 0 Å². The number of rotatable bonds is 5. The van der Waals surface area contributed by atoms with Gasteiger partial charge in [-0.2, -0.15) is 0 Å². The Morgan fingerprint density at radius 2 is 2.19 bits per heavy atom. The minimum atomic E-state index is 0.304. The summed E-state index contributed by atoms with van der Waals surface area (Å²) >= 11 is 6.18. The molecule has 1 atom stereocenters. The van der Waals surface area contributed by atoms with Gasteiger partial charge in [0.05, 0.1) is 17.5 Å². The maximum absolute atomic E-state index is 6.18. The van der Waals surface area contributed by atoms with Crippen LogP contribution >= 0.6 is 11.6 Å². The number of fused-ring (bicyclic) bond motifs is 1. The monoisotopic (exact) mass is 300 g/mol. The van der Waals surface area contributed by atoms with Gasteiger partial charge < -0.3 is 9.73 Å². The van der Waals surface area contributed by atoms with Crippen LogP contribution in [0.2, 0.25) is 5.02 Å². The predicted molar refractivity (Wildman–Crippen MR) is 86.9 cm³/mol. The Bertz CT molecular complexity index is 725. The van der Waals surface area contributed by atoms with Crippen molar-refractivity contribution in [3.63, 3.8) is 0 Å². The van der Waals surface area contributed by atoms with Crippen LogP contribution in [-0.4, -0.2) is 11.0 Å². The molecule has 0 amide bonds. The van der Waals surface area contributed by atoms with Gasteiger partial charge in [0.2, 0.25) is 0 Å². The summed E-state index contributed by atoms with van der Waals surface area (Å²) in [7, 11) is 0. The number of aryl methyl sites for hydroxylation is 1. The SMILES string of the molecule is CC(CCc1ccco1)Nc1cc(Cl)cc2cccnc12. The van der Waals surface area contributed by atoms with Gasteiger partial charge in [-0.15, -0.1) is 0 Å². The summed E-state index contributed by atoms with van der Waals surface area (Å²) in [4.78, 5) is 4.45. The Morgan fingerprint density at radius 1 is 1.29 bits per heavy atom. The van der Waals surface area contributed by atoms with E-state index in [4.69, 9.17) is 16.0 Å². The summed E-state index contributed by atoms with van der Waals surface area (Å²) in [5.74, 6) is 1.01. The second-order valence-corrected chi connectivity index (χ2v) is 5.63. The van der Waals surface area contributed by atoms with Crippen LogP contribution in [0.15, 0.2) is 53.3 Å². The molecular weight excluding hydrogens is 284 g/mol. The fourth-order valence-electron chi connectivity index (χ4n) is 2.42. The number of furan rings is 1. The molecule has 108 valence electrons. The van der Waals surface area contributed by atoms with Gasteiger partial charge in [-0.1, -0.05) is 17.7 Å². The van der Waals surface area contributed by atoms with Gasteiger partial charge in [-0.25, -0.2) is 0 Å². The van der Waals surface area contributed by atoms with E-state index in [-0.39, 0.29) is 0 Å². The van der Waals surface area contributed by atoms with Gasteiger partial charge in [-0.05, 0) is 43.7 Å². The molecule has 0 spiro atoms. The molecule has 0 aliphatic heterocycles. The van der Waals surface area contributed by atoms with E-state index >= 15 is 0 Å². The Balaban J connectivity index is 1.74. The summed E-state index contributed by atoms with van der Waals surface area (Å²) in [6, 6.07) is 12.0. The van der Waals surface area contributed by atoms with E-state index in [1.807, 2.05) is 36.4 Å². The number of halogens is 1. The summed E-state index contributed by atoms with van der Waals surface area (Å²) < 4.78 is 5.36. The first-order valence-electron chi connectivity index (χ1n) is 7.05. The summed E-state index contributed by atoms with van der Waals surface area (Å²) in [6.45, 7) is 2.15. The van der Waals surface area contributed by atoms with Crippen LogP contribution in [0, 0.1) is 0 Å². The number of benzene rings is 1. The van der Waals surface area contributed by atoms with Crippen molar-refractivity contribution in [2.24, 2.45) is 0 Å². The predicted octanol–water partition coefficient (Wildman–Crippen LogP) is 4.91. The van der Waals surface area contributed by atoms with E-state index in [0.29, 0.717) is 6.04 Å². The van der Waals surface area contributed by atoms with E-state index in [1.54, 1.807) is 12.5 Å². The molecule has 0 aliphatic carbocycles. The van der Waals surface area contributed by atoms with Gasteiger partial charge in [0.1, 0.15) is 5.76 Å². The molecular formula is C17H17ClN2O. The highest BCUT2D eigenvalue weighted by Crippen LogP contribution is 2.27. The second kappa shape index (κ2) is 6.19. The minimum absolute atomic E-state index is 0.304. The standard InChI is InChI=1S/C17H17ClN2O/c1-12(6-7-15-5-3-9-21-15)20-16-11-14(18)10-13-4-2-8-19-17(13)16/h2-5,8-12,20H,6-7H2,1H3. The highest BCUT2D eigenvalue weighted by atomic mass is 35.5. The molecule has 0 saturated carbocycles. The molecule has 0 saturated heterocycles. The van der Waals surface area contributed by atoms with Gasteiger partial charge in [0.25, 0.3) is 0 Å². The van der Waals surface area contributed by atoms with Crippen molar-refractivity contribution in [3.05, 3.63) is 59.6 Å². The van der Waals surface area contributed by atoms with Gasteiger partial charge in [0, 0.05) is 29.1 Å². The average Bonchev–Trinajstić information content (AvgIpc) is 2.98. The summed E-state index contributed by atoms with van der Waals surface area (Å²) in [5.41, 5.74) is 1.93. The molecule has 3 nitrogen and oxygen atoms in total. The van der Waals surface area contributed by atoms with Crippen molar-refractivity contribution in [1.29, 1.82) is 0 Å². The molecule has 1 unspecified atom stereocenters. The molecule has 21 heavy (non-hydrogen) atoms. The number of anilines is 1. The first-order valence-corrected chi connectivity index (χ1v) is 7.43. The van der Waals surface area contributed by atoms with E-state index < -0.39 is 0 Å². The minimum Gasteiger partial charge on any atom is -0.469 e. The Morgan fingerprint density at radius 3 is 3.00 bits per heavy atom. The first kappa shape index (κ1) is 14.0. The van der Waals surface area contributed by atoms with Crippen molar-refractivity contribution in [1.82, 2.24) is 4.98 Å². The lowest BCUT2D eigenvalue weighted by Gasteiger charge is -2.16. The number of hydrogen-bond acceptors (Lipinski definition) is 3. The fourth-order valence-corrected chi connectivity index (χ4v) is 2.64. The van der Waals surface area contributed by atoms with Crippen LogP contribution in [0.1, 0.15) is 19.1 Å². The highest BCUT2D eigenvalue weighted by molar-refractivity contribution is 6.31. The molecule has 3 rings (SSSR count). The van der Waals surface area contributed by atoms with Crippen molar-refractivity contribution < 1.29 is 4.42 Å². The number of nitrogens with one attached hydrogen (secondary N) is 1. The van der Waals surface area contributed by atoms with E-state index in [9.17, 15) is 0 Å². The maximum atomic E-state index is 6.18. The van der Waals surface area contributed by atoms with Crippen molar-refractivity contribution >= 4 is 28.2 Å². The molecule has 0 aliphatic rings. The third-order valence-electron chi connectivity index (χ3n) is 3.48. The lowest BCUT2D eigenvalue weighted by atomic mass is 10.1. The van der Waals surface area contributed by atoms with Crippen LogP contribution in [0.3, 0.4) is 0 Å². The zero-order valence-corrected chi connectivity index (χ0v) is 12.6. The average molecular weight is 301 g/mol. The molecule has 0 bridgehead atoms. The van der Waals surface area contributed by atoms with Crippen molar-refractivity contribution in [3.8, 4) is 0 Å². The Kier molecular flexibility index (Phi) is 4.11. The van der Waals surface area contributed by atoms with Gasteiger partial charge >= 0.3 is 0 Å². The third-order valence-corrected chi connectivity index (χ3v) is 3.69. The molecule has 2 heterocycles. The lowest BCUT2D eigenvalue weighted by Crippen LogP contribution is -2.16. The summed E-state index contributed by atoms with van der Waals surface area (Å²) in [5, 5.41) is 5.27. The van der Waals surface area contributed by atoms with Crippen LogP contribution in [0.25, 0.3) is 10.9 Å². The van der Waals surface area contributed by atoms with Crippen LogP contribution in [-0.2, 0) is 6.42 Å². The lowest BCUT2D eigenvalue weighted by molar-refractivity contribution is 0.495. The first-order chi connectivity index (χ1) is 10.2. The second-order valence-electron chi connectivity index (χ2n) is 5.19. The number of nitrogens with zero attached hydrogens (tertiary/aromatic N) is 1. The molecule has 1 N–H and O–H groups in total. The number of pyridine rings is 1. The largest absolute Gasteiger partial charge is 0.469 e. The zero-order valence-electron chi connectivity index (χ0n) is 11.8. The highest BCUT2D eigenvalue weighted by Gasteiger charge is 2.09. The normalized spacial score (nSPS) is 12.5. The molecule has 0 fully saturated rings. The van der Waals surface area contributed by atoms with Crippen LogP contribution < -0.4 is 5.32 Å². The van der Waals surface area contributed by atoms with Crippen molar-refractivity contribution in [2.75, 3.05) is 5.32 Å². The zero-order chi connectivity index (χ0) is 14.7. The topological polar surface area (TPSA) is 38.1 Å². The fraction of sp³-hybridized carbons (Fsp3) is 0.235. The molecule has 1 aromatic carbocycles. The third kappa shape index (κ3) is 3.37. The van der Waals surface area contributed by atoms with Gasteiger partial charge in [0.15, 0.2) is 0 Å². The molecule has 3 aromatic rings. The molecule has 4 heteroatoms.